The molecule has 3 rings (SSSR count). The summed E-state index contributed by atoms with van der Waals surface area (Å²) in [5, 5.41) is 14.4. The Morgan fingerprint density at radius 3 is 2.94 bits per heavy atom. The average molecular weight is 232 g/mol. The van der Waals surface area contributed by atoms with E-state index in [2.05, 4.69) is 5.10 Å². The van der Waals surface area contributed by atoms with E-state index in [4.69, 9.17) is 9.84 Å². The van der Waals surface area contributed by atoms with Crippen LogP contribution in [-0.2, 0) is 4.74 Å². The van der Waals surface area contributed by atoms with Crippen molar-refractivity contribution in [1.29, 1.82) is 0 Å². The van der Waals surface area contributed by atoms with Crippen molar-refractivity contribution in [3.8, 4) is 0 Å². The second-order valence-corrected chi connectivity index (χ2v) is 4.18. The third-order valence-corrected chi connectivity index (χ3v) is 3.09. The van der Waals surface area contributed by atoms with Crippen LogP contribution in [0.25, 0.3) is 10.9 Å². The molecule has 0 saturated carbocycles. The number of fused-ring (bicyclic) bond motifs is 1. The molecule has 0 bridgehead atoms. The highest BCUT2D eigenvalue weighted by Gasteiger charge is 2.24. The smallest absolute Gasteiger partial charge is 0.335 e. The first-order valence-electron chi connectivity index (χ1n) is 5.50. The first-order chi connectivity index (χ1) is 8.16. The van der Waals surface area contributed by atoms with Crippen LogP contribution in [0.4, 0.5) is 0 Å². The molecule has 2 heterocycles. The van der Waals surface area contributed by atoms with E-state index in [0.29, 0.717) is 0 Å². The van der Waals surface area contributed by atoms with Crippen LogP contribution in [0.2, 0.25) is 0 Å². The second kappa shape index (κ2) is 3.56. The molecule has 5 heteroatoms. The van der Waals surface area contributed by atoms with Gasteiger partial charge in [0, 0.05) is 11.8 Å². The molecule has 0 spiro atoms. The lowest BCUT2D eigenvalue weighted by molar-refractivity contribution is -0.104. The van der Waals surface area contributed by atoms with Crippen LogP contribution in [0.5, 0.6) is 0 Å². The van der Waals surface area contributed by atoms with Crippen LogP contribution >= 0.6 is 0 Å². The second-order valence-electron chi connectivity index (χ2n) is 4.18. The van der Waals surface area contributed by atoms with E-state index in [1.807, 2.05) is 6.92 Å². The van der Waals surface area contributed by atoms with Gasteiger partial charge in [0.1, 0.15) is 0 Å². The number of aromatic carboxylic acids is 1. The molecular formula is C12H12N2O3. The molecular weight excluding hydrogens is 220 g/mol. The number of hydrogen-bond donors (Lipinski definition) is 1. The van der Waals surface area contributed by atoms with Gasteiger partial charge in [-0.15, -0.1) is 0 Å². The van der Waals surface area contributed by atoms with Gasteiger partial charge in [-0.05, 0) is 19.1 Å². The Bertz CT molecular complexity index is 599. The van der Waals surface area contributed by atoms with Crippen LogP contribution in [-0.4, -0.2) is 27.5 Å². The Morgan fingerprint density at radius 2 is 2.35 bits per heavy atom. The fraction of sp³-hybridized carbons (Fsp3) is 0.333. The zero-order valence-electron chi connectivity index (χ0n) is 9.38. The predicted octanol–water partition coefficient (Wildman–Crippen LogP) is 1.96. The quantitative estimate of drug-likeness (QED) is 0.859. The molecule has 1 atom stereocenters. The number of carboxylic acids is 1. The maximum atomic E-state index is 11.0. The molecule has 2 aromatic rings. The van der Waals surface area contributed by atoms with E-state index in [1.54, 1.807) is 22.9 Å². The molecule has 1 unspecified atom stereocenters. The Balaban J connectivity index is 2.20. The van der Waals surface area contributed by atoms with Crippen molar-refractivity contribution in [3.05, 3.63) is 29.5 Å². The van der Waals surface area contributed by atoms with E-state index >= 15 is 0 Å². The molecule has 1 saturated heterocycles. The first-order valence-corrected chi connectivity index (χ1v) is 5.50. The summed E-state index contributed by atoms with van der Waals surface area (Å²) in [5.74, 6) is -0.924. The third kappa shape index (κ3) is 1.51. The SMILES string of the molecule is Cc1nn(C2CCO2)c2cc(C(=O)O)ccc12. The van der Waals surface area contributed by atoms with Gasteiger partial charge in [0.2, 0.25) is 0 Å². The van der Waals surface area contributed by atoms with Crippen molar-refractivity contribution in [2.24, 2.45) is 0 Å². The highest BCUT2D eigenvalue weighted by Crippen LogP contribution is 2.29. The number of ether oxygens (including phenoxy) is 1. The van der Waals surface area contributed by atoms with E-state index in [0.717, 1.165) is 29.6 Å². The third-order valence-electron chi connectivity index (χ3n) is 3.09. The maximum Gasteiger partial charge on any atom is 0.335 e. The summed E-state index contributed by atoms with van der Waals surface area (Å²) in [7, 11) is 0. The lowest BCUT2D eigenvalue weighted by Crippen LogP contribution is -2.25. The summed E-state index contributed by atoms with van der Waals surface area (Å²) in [6, 6.07) is 5.06. The maximum absolute atomic E-state index is 11.0. The van der Waals surface area contributed by atoms with E-state index < -0.39 is 5.97 Å². The predicted molar refractivity (Wildman–Crippen MR) is 61.0 cm³/mol. The molecule has 1 fully saturated rings. The van der Waals surface area contributed by atoms with Crippen molar-refractivity contribution in [1.82, 2.24) is 9.78 Å². The number of carbonyl (C=O) groups is 1. The van der Waals surface area contributed by atoms with Crippen molar-refractivity contribution in [2.75, 3.05) is 6.61 Å². The molecule has 0 amide bonds. The monoisotopic (exact) mass is 232 g/mol. The van der Waals surface area contributed by atoms with Crippen molar-refractivity contribution >= 4 is 16.9 Å². The highest BCUT2D eigenvalue weighted by atomic mass is 16.5. The summed E-state index contributed by atoms with van der Waals surface area (Å²) >= 11 is 0. The normalized spacial score (nSPS) is 19.2. The molecule has 17 heavy (non-hydrogen) atoms. The molecule has 88 valence electrons. The largest absolute Gasteiger partial charge is 0.478 e. The summed E-state index contributed by atoms with van der Waals surface area (Å²) < 4.78 is 7.17. The first kappa shape index (κ1) is 10.3. The lowest BCUT2D eigenvalue weighted by Gasteiger charge is -2.27. The van der Waals surface area contributed by atoms with Gasteiger partial charge in [-0.2, -0.15) is 5.10 Å². The van der Waals surface area contributed by atoms with Gasteiger partial charge < -0.3 is 9.84 Å². The number of aryl methyl sites for hydroxylation is 1. The minimum atomic E-state index is -0.924. The molecule has 0 radical (unpaired) electrons. The van der Waals surface area contributed by atoms with Gasteiger partial charge in [-0.1, -0.05) is 6.07 Å². The van der Waals surface area contributed by atoms with E-state index in [9.17, 15) is 4.79 Å². The summed E-state index contributed by atoms with van der Waals surface area (Å²) in [6.45, 7) is 2.65. The van der Waals surface area contributed by atoms with Crippen LogP contribution in [0.3, 0.4) is 0 Å². The number of carboxylic acid groups (broad SMARTS) is 1. The lowest BCUT2D eigenvalue weighted by atomic mass is 10.1. The Hall–Kier alpha value is -1.88. The number of benzene rings is 1. The van der Waals surface area contributed by atoms with Gasteiger partial charge in [0.05, 0.1) is 23.4 Å². The van der Waals surface area contributed by atoms with Crippen LogP contribution < -0.4 is 0 Å². The number of hydrogen-bond acceptors (Lipinski definition) is 3. The van der Waals surface area contributed by atoms with Gasteiger partial charge in [0.25, 0.3) is 0 Å². The van der Waals surface area contributed by atoms with Crippen LogP contribution in [0, 0.1) is 6.92 Å². The molecule has 1 aromatic carbocycles. The van der Waals surface area contributed by atoms with Gasteiger partial charge >= 0.3 is 5.97 Å². The van der Waals surface area contributed by atoms with Crippen LogP contribution in [0.1, 0.15) is 28.7 Å². The fourth-order valence-electron chi connectivity index (χ4n) is 2.07. The molecule has 1 aromatic heterocycles. The zero-order chi connectivity index (χ0) is 12.0. The molecule has 0 aliphatic carbocycles. The van der Waals surface area contributed by atoms with Gasteiger partial charge in [-0.25, -0.2) is 9.48 Å². The fourth-order valence-corrected chi connectivity index (χ4v) is 2.07. The minimum absolute atomic E-state index is 0.0461. The highest BCUT2D eigenvalue weighted by molar-refractivity contribution is 5.94. The zero-order valence-corrected chi connectivity index (χ0v) is 9.38. The molecule has 1 N–H and O–H groups in total. The summed E-state index contributed by atoms with van der Waals surface area (Å²) in [4.78, 5) is 11.0. The number of rotatable bonds is 2. The average Bonchev–Trinajstić information content (AvgIpc) is 2.54. The molecule has 5 nitrogen and oxygen atoms in total. The van der Waals surface area contributed by atoms with Crippen LogP contribution in [0.15, 0.2) is 18.2 Å². The topological polar surface area (TPSA) is 64.4 Å². The van der Waals surface area contributed by atoms with E-state index in [1.165, 1.54) is 0 Å². The van der Waals surface area contributed by atoms with Gasteiger partial charge in [0.15, 0.2) is 6.23 Å². The number of nitrogens with zero attached hydrogens (tertiary/aromatic N) is 2. The van der Waals surface area contributed by atoms with Gasteiger partial charge in [-0.3, -0.25) is 0 Å². The molecule has 1 aliphatic heterocycles. The Morgan fingerprint density at radius 1 is 1.59 bits per heavy atom. The van der Waals surface area contributed by atoms with E-state index in [-0.39, 0.29) is 11.8 Å². The van der Waals surface area contributed by atoms with Crippen molar-refractivity contribution < 1.29 is 14.6 Å². The standard InChI is InChI=1S/C12H12N2O3/c1-7-9-3-2-8(12(15)16)6-10(9)14(13-7)11-4-5-17-11/h2-3,6,11H,4-5H2,1H3,(H,15,16). The Labute approximate surface area is 97.6 Å². The minimum Gasteiger partial charge on any atom is -0.478 e. The Kier molecular flexibility index (Phi) is 2.16. The molecule has 1 aliphatic rings. The van der Waals surface area contributed by atoms with Crippen molar-refractivity contribution in [3.63, 3.8) is 0 Å². The number of aromatic nitrogens is 2. The summed E-state index contributed by atoms with van der Waals surface area (Å²) in [5.41, 5.74) is 2.00. The summed E-state index contributed by atoms with van der Waals surface area (Å²) in [6.07, 6.45) is 0.878. The van der Waals surface area contributed by atoms with Crippen molar-refractivity contribution in [2.45, 2.75) is 19.6 Å².